The van der Waals surface area contributed by atoms with Crippen LogP contribution in [0.3, 0.4) is 0 Å². The molecule has 0 spiro atoms. The zero-order valence-corrected chi connectivity index (χ0v) is 14.6. The van der Waals surface area contributed by atoms with Gasteiger partial charge in [-0.25, -0.2) is 4.39 Å². The van der Waals surface area contributed by atoms with Crippen molar-refractivity contribution in [1.29, 1.82) is 5.26 Å². The zero-order chi connectivity index (χ0) is 18.8. The van der Waals surface area contributed by atoms with Crippen molar-refractivity contribution < 1.29 is 14.0 Å². The van der Waals surface area contributed by atoms with Gasteiger partial charge in [0, 0.05) is 18.2 Å². The van der Waals surface area contributed by atoms with Crippen LogP contribution in [0.15, 0.2) is 42.5 Å². The van der Waals surface area contributed by atoms with Crippen LogP contribution in [0, 0.1) is 24.1 Å². The summed E-state index contributed by atoms with van der Waals surface area (Å²) in [5.41, 5.74) is 1.71. The molecule has 1 atom stereocenters. The number of hydrogen-bond acceptors (Lipinski definition) is 3. The van der Waals surface area contributed by atoms with Crippen molar-refractivity contribution >= 4 is 17.5 Å². The van der Waals surface area contributed by atoms with Crippen LogP contribution in [0.2, 0.25) is 0 Å². The predicted octanol–water partition coefficient (Wildman–Crippen LogP) is 2.88. The van der Waals surface area contributed by atoms with E-state index in [0.29, 0.717) is 28.9 Å². The normalized spacial score (nSPS) is 17.2. The maximum absolute atomic E-state index is 13.4. The SMILES string of the molecule is Cc1cc(C(=O)N2CC(=O)N(c3ccccc3C#N)C[C@H]2C)ccc1F. The van der Waals surface area contributed by atoms with Crippen molar-refractivity contribution in [3.8, 4) is 6.07 Å². The fourth-order valence-corrected chi connectivity index (χ4v) is 3.10. The molecule has 0 bridgehead atoms. The summed E-state index contributed by atoms with van der Waals surface area (Å²) >= 11 is 0. The van der Waals surface area contributed by atoms with Crippen LogP contribution in [0.1, 0.15) is 28.4 Å². The Morgan fingerprint density at radius 2 is 2.00 bits per heavy atom. The van der Waals surface area contributed by atoms with Crippen LogP contribution in [0.5, 0.6) is 0 Å². The molecule has 2 aromatic rings. The van der Waals surface area contributed by atoms with Crippen molar-refractivity contribution in [2.45, 2.75) is 19.9 Å². The number of nitrogens with zero attached hydrogens (tertiary/aromatic N) is 3. The smallest absolute Gasteiger partial charge is 0.254 e. The third kappa shape index (κ3) is 3.16. The molecule has 0 saturated carbocycles. The van der Waals surface area contributed by atoms with Gasteiger partial charge in [-0.2, -0.15) is 5.26 Å². The van der Waals surface area contributed by atoms with Crippen molar-refractivity contribution in [3.05, 3.63) is 65.0 Å². The van der Waals surface area contributed by atoms with Gasteiger partial charge in [0.1, 0.15) is 18.4 Å². The Bertz CT molecular complexity index is 920. The third-order valence-electron chi connectivity index (χ3n) is 4.57. The minimum absolute atomic E-state index is 0.0871. The molecule has 1 aliphatic heterocycles. The molecule has 0 aromatic heterocycles. The van der Waals surface area contributed by atoms with Gasteiger partial charge in [0.25, 0.3) is 5.91 Å². The highest BCUT2D eigenvalue weighted by molar-refractivity contribution is 6.02. The number of hydrogen-bond donors (Lipinski definition) is 0. The monoisotopic (exact) mass is 351 g/mol. The number of benzene rings is 2. The predicted molar refractivity (Wildman–Crippen MR) is 95.1 cm³/mol. The number of nitriles is 1. The lowest BCUT2D eigenvalue weighted by Gasteiger charge is -2.39. The standard InChI is InChI=1S/C20H18FN3O2/c1-13-9-15(7-8-17(13)21)20(26)23-12-19(25)24(11-14(23)2)18-6-4-3-5-16(18)10-22/h3-9,14H,11-12H2,1-2H3/t14-/m1/s1. The summed E-state index contributed by atoms with van der Waals surface area (Å²) in [4.78, 5) is 28.4. The zero-order valence-electron chi connectivity index (χ0n) is 14.6. The van der Waals surface area contributed by atoms with E-state index in [-0.39, 0.29) is 30.2 Å². The van der Waals surface area contributed by atoms with Gasteiger partial charge in [-0.3, -0.25) is 9.59 Å². The lowest BCUT2D eigenvalue weighted by molar-refractivity contribution is -0.121. The van der Waals surface area contributed by atoms with E-state index in [0.717, 1.165) is 0 Å². The summed E-state index contributed by atoms with van der Waals surface area (Å²) in [7, 11) is 0. The first-order valence-corrected chi connectivity index (χ1v) is 8.29. The molecule has 6 heteroatoms. The maximum atomic E-state index is 13.4. The van der Waals surface area contributed by atoms with E-state index in [1.54, 1.807) is 36.1 Å². The van der Waals surface area contributed by atoms with Gasteiger partial charge in [-0.1, -0.05) is 12.1 Å². The molecule has 1 saturated heterocycles. The van der Waals surface area contributed by atoms with Gasteiger partial charge in [0.2, 0.25) is 5.91 Å². The molecule has 26 heavy (non-hydrogen) atoms. The summed E-state index contributed by atoms with van der Waals surface area (Å²) in [6.45, 7) is 3.65. The van der Waals surface area contributed by atoms with Crippen LogP contribution >= 0.6 is 0 Å². The molecular formula is C20H18FN3O2. The summed E-state index contributed by atoms with van der Waals surface area (Å²) in [5, 5.41) is 9.26. The van der Waals surface area contributed by atoms with Gasteiger partial charge in [-0.05, 0) is 49.7 Å². The Balaban J connectivity index is 1.84. The van der Waals surface area contributed by atoms with Crippen LogP contribution < -0.4 is 4.90 Å². The topological polar surface area (TPSA) is 64.4 Å². The fraction of sp³-hybridized carbons (Fsp3) is 0.250. The molecule has 1 aliphatic rings. The van der Waals surface area contributed by atoms with E-state index < -0.39 is 0 Å². The van der Waals surface area contributed by atoms with E-state index in [9.17, 15) is 19.2 Å². The number of rotatable bonds is 2. The van der Waals surface area contributed by atoms with Gasteiger partial charge >= 0.3 is 0 Å². The number of anilines is 1. The molecule has 3 rings (SSSR count). The minimum atomic E-state index is -0.372. The average Bonchev–Trinajstić information content (AvgIpc) is 2.65. The van der Waals surface area contributed by atoms with Gasteiger partial charge in [0.15, 0.2) is 0 Å². The van der Waals surface area contributed by atoms with Crippen molar-refractivity contribution in [2.24, 2.45) is 0 Å². The van der Waals surface area contributed by atoms with E-state index in [2.05, 4.69) is 6.07 Å². The highest BCUT2D eigenvalue weighted by Crippen LogP contribution is 2.25. The first-order valence-electron chi connectivity index (χ1n) is 8.29. The number of carbonyl (C=O) groups excluding carboxylic acids is 2. The number of halogens is 1. The Kier molecular flexibility index (Phi) is 4.72. The van der Waals surface area contributed by atoms with Crippen molar-refractivity contribution in [3.63, 3.8) is 0 Å². The molecule has 0 radical (unpaired) electrons. The average molecular weight is 351 g/mol. The highest BCUT2D eigenvalue weighted by atomic mass is 19.1. The molecule has 0 unspecified atom stereocenters. The Morgan fingerprint density at radius 3 is 2.69 bits per heavy atom. The number of para-hydroxylation sites is 1. The molecule has 0 N–H and O–H groups in total. The number of piperazine rings is 1. The molecule has 5 nitrogen and oxygen atoms in total. The van der Waals surface area contributed by atoms with Crippen molar-refractivity contribution in [1.82, 2.24) is 4.90 Å². The molecule has 2 aromatic carbocycles. The lowest BCUT2D eigenvalue weighted by atomic mass is 10.1. The van der Waals surface area contributed by atoms with Crippen LogP contribution in [0.4, 0.5) is 10.1 Å². The highest BCUT2D eigenvalue weighted by Gasteiger charge is 2.34. The largest absolute Gasteiger partial charge is 0.325 e. The van der Waals surface area contributed by atoms with Crippen LogP contribution in [0.25, 0.3) is 0 Å². The molecule has 2 amide bonds. The van der Waals surface area contributed by atoms with Crippen LogP contribution in [-0.4, -0.2) is 35.8 Å². The second kappa shape index (κ2) is 6.96. The first-order chi connectivity index (χ1) is 12.4. The second-order valence-electron chi connectivity index (χ2n) is 6.38. The second-order valence-corrected chi connectivity index (χ2v) is 6.38. The first kappa shape index (κ1) is 17.6. The molecular weight excluding hydrogens is 333 g/mol. The summed E-state index contributed by atoms with van der Waals surface area (Å²) in [6, 6.07) is 12.9. The van der Waals surface area contributed by atoms with Crippen molar-refractivity contribution in [2.75, 3.05) is 18.0 Å². The van der Waals surface area contributed by atoms with E-state index in [1.165, 1.54) is 23.1 Å². The Hall–Kier alpha value is -3.20. The summed E-state index contributed by atoms with van der Waals surface area (Å²) < 4.78 is 13.4. The fourth-order valence-electron chi connectivity index (χ4n) is 3.10. The Labute approximate surface area is 151 Å². The molecule has 0 aliphatic carbocycles. The number of amides is 2. The molecule has 1 fully saturated rings. The van der Waals surface area contributed by atoms with Gasteiger partial charge in [-0.15, -0.1) is 0 Å². The molecule has 132 valence electrons. The third-order valence-corrected chi connectivity index (χ3v) is 4.57. The minimum Gasteiger partial charge on any atom is -0.325 e. The number of carbonyl (C=O) groups is 2. The van der Waals surface area contributed by atoms with Crippen LogP contribution in [-0.2, 0) is 4.79 Å². The summed E-state index contributed by atoms with van der Waals surface area (Å²) in [5.74, 6) is -0.927. The summed E-state index contributed by atoms with van der Waals surface area (Å²) in [6.07, 6.45) is 0. The van der Waals surface area contributed by atoms with E-state index in [1.807, 2.05) is 6.92 Å². The maximum Gasteiger partial charge on any atom is 0.254 e. The van der Waals surface area contributed by atoms with Gasteiger partial charge in [0.05, 0.1) is 11.3 Å². The Morgan fingerprint density at radius 1 is 1.27 bits per heavy atom. The van der Waals surface area contributed by atoms with E-state index in [4.69, 9.17) is 0 Å². The molecule has 1 heterocycles. The van der Waals surface area contributed by atoms with E-state index >= 15 is 0 Å². The quantitative estimate of drug-likeness (QED) is 0.836. The number of aryl methyl sites for hydroxylation is 1. The lowest BCUT2D eigenvalue weighted by Crippen LogP contribution is -2.57. The van der Waals surface area contributed by atoms with Gasteiger partial charge < -0.3 is 9.80 Å².